The Labute approximate surface area is 161 Å². The van der Waals surface area contributed by atoms with E-state index in [2.05, 4.69) is 46.4 Å². The molecule has 2 aromatic rings. The molecule has 1 aromatic carbocycles. The molecule has 0 saturated carbocycles. The number of morpholine rings is 1. The lowest BCUT2D eigenvalue weighted by atomic mass is 9.81. The molecule has 0 bridgehead atoms. The van der Waals surface area contributed by atoms with Gasteiger partial charge < -0.3 is 19.7 Å². The maximum Gasteiger partial charge on any atom is 0.133 e. The van der Waals surface area contributed by atoms with Crippen LogP contribution in [0.15, 0.2) is 36.5 Å². The Balaban J connectivity index is 1.51. The van der Waals surface area contributed by atoms with Crippen LogP contribution in [0.4, 0.5) is 5.82 Å². The minimum atomic E-state index is 0.368. The van der Waals surface area contributed by atoms with Gasteiger partial charge >= 0.3 is 0 Å². The number of benzene rings is 1. The Kier molecular flexibility index (Phi) is 5.60. The van der Waals surface area contributed by atoms with E-state index in [4.69, 9.17) is 9.47 Å². The van der Waals surface area contributed by atoms with Crippen LogP contribution in [0.25, 0.3) is 0 Å². The fourth-order valence-electron chi connectivity index (χ4n) is 4.27. The number of ether oxygens (including phenoxy) is 2. The minimum Gasteiger partial charge on any atom is -0.497 e. The molecule has 1 aromatic heterocycles. The number of methoxy groups -OCH3 is 1. The Hall–Kier alpha value is -2.11. The molecule has 5 nitrogen and oxygen atoms in total. The lowest BCUT2D eigenvalue weighted by Crippen LogP contribution is -2.38. The molecule has 1 saturated heterocycles. The van der Waals surface area contributed by atoms with Crippen LogP contribution in [-0.2, 0) is 17.7 Å². The van der Waals surface area contributed by atoms with E-state index in [1.165, 1.54) is 16.7 Å². The molecule has 144 valence electrons. The van der Waals surface area contributed by atoms with Gasteiger partial charge in [0.05, 0.1) is 20.3 Å². The fourth-order valence-corrected chi connectivity index (χ4v) is 4.27. The number of pyridine rings is 1. The van der Waals surface area contributed by atoms with E-state index in [9.17, 15) is 0 Å². The molecule has 0 radical (unpaired) electrons. The van der Waals surface area contributed by atoms with Gasteiger partial charge in [0.15, 0.2) is 0 Å². The molecule has 1 N–H and O–H groups in total. The molecule has 2 heterocycles. The van der Waals surface area contributed by atoms with Crippen LogP contribution in [0.1, 0.15) is 36.1 Å². The standard InChI is InChI=1S/C22H29N3O2/c1-16-12-18-14-19(26-2)5-6-20(18)21(13-16)24-15-17-4-3-7-23-22(17)25-8-10-27-11-9-25/h3-7,14,16,21,24H,8-13,15H2,1-2H3. The van der Waals surface area contributed by atoms with Crippen LogP contribution in [-0.4, -0.2) is 38.4 Å². The summed E-state index contributed by atoms with van der Waals surface area (Å²) in [6, 6.07) is 11.1. The molecule has 2 unspecified atom stereocenters. The number of fused-ring (bicyclic) bond motifs is 1. The highest BCUT2D eigenvalue weighted by atomic mass is 16.5. The summed E-state index contributed by atoms with van der Waals surface area (Å²) in [6.07, 6.45) is 4.17. The Morgan fingerprint density at radius 3 is 2.93 bits per heavy atom. The minimum absolute atomic E-state index is 0.368. The van der Waals surface area contributed by atoms with Gasteiger partial charge in [-0.25, -0.2) is 4.98 Å². The quantitative estimate of drug-likeness (QED) is 0.878. The van der Waals surface area contributed by atoms with Crippen LogP contribution >= 0.6 is 0 Å². The van der Waals surface area contributed by atoms with E-state index in [0.717, 1.165) is 57.3 Å². The third-order valence-electron chi connectivity index (χ3n) is 5.65. The molecule has 2 aliphatic rings. The Morgan fingerprint density at radius 1 is 1.26 bits per heavy atom. The topological polar surface area (TPSA) is 46.6 Å². The van der Waals surface area contributed by atoms with E-state index >= 15 is 0 Å². The maximum atomic E-state index is 5.49. The van der Waals surface area contributed by atoms with Crippen molar-refractivity contribution in [2.45, 2.75) is 32.4 Å². The first kappa shape index (κ1) is 18.3. The van der Waals surface area contributed by atoms with Crippen LogP contribution in [0.3, 0.4) is 0 Å². The zero-order chi connectivity index (χ0) is 18.6. The summed E-state index contributed by atoms with van der Waals surface area (Å²) >= 11 is 0. The molecular formula is C22H29N3O2. The van der Waals surface area contributed by atoms with Gasteiger partial charge in [0.2, 0.25) is 0 Å². The first-order valence-electron chi connectivity index (χ1n) is 9.91. The van der Waals surface area contributed by atoms with Gasteiger partial charge in [-0.15, -0.1) is 0 Å². The number of nitrogens with zero attached hydrogens (tertiary/aromatic N) is 2. The van der Waals surface area contributed by atoms with Crippen molar-refractivity contribution in [1.29, 1.82) is 0 Å². The lowest BCUT2D eigenvalue weighted by molar-refractivity contribution is 0.122. The van der Waals surface area contributed by atoms with Gasteiger partial charge in [-0.3, -0.25) is 0 Å². The number of nitrogens with one attached hydrogen (secondary N) is 1. The van der Waals surface area contributed by atoms with E-state index in [1.807, 2.05) is 12.3 Å². The number of anilines is 1. The van der Waals surface area contributed by atoms with E-state index in [0.29, 0.717) is 12.0 Å². The molecule has 1 fully saturated rings. The molecular weight excluding hydrogens is 338 g/mol. The summed E-state index contributed by atoms with van der Waals surface area (Å²) in [7, 11) is 1.74. The zero-order valence-corrected chi connectivity index (χ0v) is 16.3. The second-order valence-electron chi connectivity index (χ2n) is 7.63. The molecule has 27 heavy (non-hydrogen) atoms. The van der Waals surface area contributed by atoms with Gasteiger partial charge in [0.1, 0.15) is 11.6 Å². The van der Waals surface area contributed by atoms with Crippen molar-refractivity contribution in [3.05, 3.63) is 53.2 Å². The molecule has 0 spiro atoms. The summed E-state index contributed by atoms with van der Waals surface area (Å²) in [5, 5.41) is 3.80. The second kappa shape index (κ2) is 8.28. The van der Waals surface area contributed by atoms with E-state index in [-0.39, 0.29) is 0 Å². The normalized spacial score (nSPS) is 22.4. The predicted molar refractivity (Wildman–Crippen MR) is 107 cm³/mol. The molecule has 0 amide bonds. The van der Waals surface area contributed by atoms with Crippen LogP contribution in [0.5, 0.6) is 5.75 Å². The lowest BCUT2D eigenvalue weighted by Gasteiger charge is -2.32. The average Bonchev–Trinajstić information content (AvgIpc) is 2.72. The average molecular weight is 367 g/mol. The smallest absolute Gasteiger partial charge is 0.133 e. The van der Waals surface area contributed by atoms with Crippen LogP contribution in [0, 0.1) is 5.92 Å². The van der Waals surface area contributed by atoms with Gasteiger partial charge in [-0.1, -0.05) is 19.1 Å². The van der Waals surface area contributed by atoms with Crippen molar-refractivity contribution >= 4 is 5.82 Å². The molecule has 4 rings (SSSR count). The number of hydrogen-bond acceptors (Lipinski definition) is 5. The zero-order valence-electron chi connectivity index (χ0n) is 16.3. The summed E-state index contributed by atoms with van der Waals surface area (Å²) in [5.41, 5.74) is 4.07. The van der Waals surface area contributed by atoms with Crippen molar-refractivity contribution in [3.8, 4) is 5.75 Å². The predicted octanol–water partition coefficient (Wildman–Crippen LogP) is 3.34. The first-order chi connectivity index (χ1) is 13.2. The highest BCUT2D eigenvalue weighted by molar-refractivity contribution is 5.47. The van der Waals surface area contributed by atoms with E-state index < -0.39 is 0 Å². The molecule has 1 aliphatic carbocycles. The SMILES string of the molecule is COc1ccc2c(c1)CC(C)CC2NCc1cccnc1N1CCOCC1. The van der Waals surface area contributed by atoms with Crippen molar-refractivity contribution in [2.24, 2.45) is 5.92 Å². The first-order valence-corrected chi connectivity index (χ1v) is 9.91. The number of aromatic nitrogens is 1. The monoisotopic (exact) mass is 367 g/mol. The summed E-state index contributed by atoms with van der Waals surface area (Å²) in [4.78, 5) is 7.00. The Bertz CT molecular complexity index is 774. The summed E-state index contributed by atoms with van der Waals surface area (Å²) in [6.45, 7) is 6.53. The van der Waals surface area contributed by atoms with Gasteiger partial charge in [-0.05, 0) is 48.1 Å². The van der Waals surface area contributed by atoms with E-state index in [1.54, 1.807) is 7.11 Å². The van der Waals surface area contributed by atoms with Gasteiger partial charge in [0.25, 0.3) is 0 Å². The highest BCUT2D eigenvalue weighted by Gasteiger charge is 2.25. The third kappa shape index (κ3) is 4.09. The van der Waals surface area contributed by atoms with Crippen molar-refractivity contribution in [3.63, 3.8) is 0 Å². The highest BCUT2D eigenvalue weighted by Crippen LogP contribution is 2.35. The summed E-state index contributed by atoms with van der Waals surface area (Å²) in [5.74, 6) is 2.70. The molecule has 2 atom stereocenters. The second-order valence-corrected chi connectivity index (χ2v) is 7.63. The fraction of sp³-hybridized carbons (Fsp3) is 0.500. The maximum absolute atomic E-state index is 5.49. The van der Waals surface area contributed by atoms with Gasteiger partial charge in [-0.2, -0.15) is 0 Å². The van der Waals surface area contributed by atoms with Crippen molar-refractivity contribution < 1.29 is 9.47 Å². The molecule has 1 aliphatic heterocycles. The van der Waals surface area contributed by atoms with Gasteiger partial charge in [0, 0.05) is 37.4 Å². The number of rotatable bonds is 5. The molecule has 5 heteroatoms. The Morgan fingerprint density at radius 2 is 2.11 bits per heavy atom. The van der Waals surface area contributed by atoms with Crippen molar-refractivity contribution in [1.82, 2.24) is 10.3 Å². The largest absolute Gasteiger partial charge is 0.497 e. The van der Waals surface area contributed by atoms with Crippen LogP contribution in [0.2, 0.25) is 0 Å². The van der Waals surface area contributed by atoms with Crippen molar-refractivity contribution in [2.75, 3.05) is 38.3 Å². The number of hydrogen-bond donors (Lipinski definition) is 1. The third-order valence-corrected chi connectivity index (χ3v) is 5.65. The summed E-state index contributed by atoms with van der Waals surface area (Å²) < 4.78 is 10.9. The van der Waals surface area contributed by atoms with Crippen LogP contribution < -0.4 is 15.0 Å².